The number of rotatable bonds is 6. The van der Waals surface area contributed by atoms with Crippen LogP contribution in [0, 0.1) is 41.5 Å². The highest BCUT2D eigenvalue weighted by molar-refractivity contribution is 7.00. The summed E-state index contributed by atoms with van der Waals surface area (Å²) in [6, 6.07) is 38.4. The maximum absolute atomic E-state index is 2.63. The van der Waals surface area contributed by atoms with Crippen LogP contribution in [0.2, 0.25) is 0 Å². The molecule has 256 valence electrons. The molecule has 0 bridgehead atoms. The number of fused-ring (bicyclic) bond motifs is 6. The van der Waals surface area contributed by atoms with Crippen molar-refractivity contribution in [2.75, 3.05) is 9.80 Å². The Kier molecular flexibility index (Phi) is 7.81. The SMILES string of the molecule is CCCc1ccc2c(c1)B(c1c(C)cc(C)cc1C)c1cccc3c1N2c1cccc2c1N3c1ccc(CCC)cc1B2c1c(C)cc(C)cc1C. The summed E-state index contributed by atoms with van der Waals surface area (Å²) in [4.78, 5) is 5.26. The van der Waals surface area contributed by atoms with E-state index in [1.54, 1.807) is 0 Å². The second kappa shape index (κ2) is 12.3. The molecule has 52 heavy (non-hydrogen) atoms. The van der Waals surface area contributed by atoms with Crippen LogP contribution < -0.4 is 42.6 Å². The van der Waals surface area contributed by atoms with Gasteiger partial charge in [0.1, 0.15) is 0 Å². The fraction of sp³-hybridized carbons (Fsp3) is 0.250. The Morgan fingerprint density at radius 1 is 0.423 bits per heavy atom. The quantitative estimate of drug-likeness (QED) is 0.164. The van der Waals surface area contributed by atoms with E-state index in [4.69, 9.17) is 0 Å². The van der Waals surface area contributed by atoms with Crippen molar-refractivity contribution in [2.24, 2.45) is 0 Å². The molecular formula is C48H48B2N2. The van der Waals surface area contributed by atoms with Crippen molar-refractivity contribution in [3.05, 3.63) is 142 Å². The second-order valence-electron chi connectivity index (χ2n) is 15.9. The molecule has 0 aromatic heterocycles. The maximum Gasteiger partial charge on any atom is 0.247 e. The molecule has 4 heteroatoms. The molecule has 0 amide bonds. The van der Waals surface area contributed by atoms with Gasteiger partial charge >= 0.3 is 0 Å². The van der Waals surface area contributed by atoms with E-state index in [2.05, 4.69) is 162 Å². The molecule has 3 heterocycles. The van der Waals surface area contributed by atoms with Crippen molar-refractivity contribution in [2.45, 2.75) is 81.1 Å². The normalized spacial score (nSPS) is 13.5. The van der Waals surface area contributed by atoms with Crippen LogP contribution in [0.15, 0.2) is 97.1 Å². The summed E-state index contributed by atoms with van der Waals surface area (Å²) < 4.78 is 0. The molecule has 6 aromatic carbocycles. The summed E-state index contributed by atoms with van der Waals surface area (Å²) in [6.45, 7) is 18.6. The molecule has 0 spiro atoms. The van der Waals surface area contributed by atoms with Gasteiger partial charge in [0, 0.05) is 11.4 Å². The third kappa shape index (κ3) is 4.79. The van der Waals surface area contributed by atoms with Crippen LogP contribution in [0.5, 0.6) is 0 Å². The lowest BCUT2D eigenvalue weighted by molar-refractivity contribution is 0.922. The van der Waals surface area contributed by atoms with E-state index in [9.17, 15) is 0 Å². The third-order valence-electron chi connectivity index (χ3n) is 12.1. The van der Waals surface area contributed by atoms with Gasteiger partial charge in [-0.15, -0.1) is 0 Å². The molecule has 0 atom stereocenters. The van der Waals surface area contributed by atoms with Crippen molar-refractivity contribution < 1.29 is 0 Å². The van der Waals surface area contributed by atoms with Gasteiger partial charge < -0.3 is 9.80 Å². The molecule has 2 nitrogen and oxygen atoms in total. The van der Waals surface area contributed by atoms with Crippen molar-refractivity contribution in [3.8, 4) is 0 Å². The average molecular weight is 675 g/mol. The van der Waals surface area contributed by atoms with Gasteiger partial charge in [-0.1, -0.05) is 144 Å². The van der Waals surface area contributed by atoms with Crippen LogP contribution in [-0.2, 0) is 12.8 Å². The van der Waals surface area contributed by atoms with Crippen LogP contribution in [0.25, 0.3) is 0 Å². The van der Waals surface area contributed by atoms with Gasteiger partial charge in [0.05, 0.1) is 22.7 Å². The fourth-order valence-corrected chi connectivity index (χ4v) is 10.4. The lowest BCUT2D eigenvalue weighted by Gasteiger charge is -2.49. The highest BCUT2D eigenvalue weighted by Crippen LogP contribution is 2.54. The number of nitrogens with zero attached hydrogens (tertiary/aromatic N) is 2. The number of para-hydroxylation sites is 2. The summed E-state index contributed by atoms with van der Waals surface area (Å²) in [5.74, 6) is 0. The average Bonchev–Trinajstić information content (AvgIpc) is 3.10. The van der Waals surface area contributed by atoms with E-state index < -0.39 is 0 Å². The first-order valence-electron chi connectivity index (χ1n) is 19.5. The highest BCUT2D eigenvalue weighted by atomic mass is 15.3. The number of hydrogen-bond acceptors (Lipinski definition) is 2. The van der Waals surface area contributed by atoms with Crippen LogP contribution in [-0.4, -0.2) is 13.4 Å². The smallest absolute Gasteiger partial charge is 0.247 e. The van der Waals surface area contributed by atoms with Gasteiger partial charge in [0.25, 0.3) is 0 Å². The molecule has 3 aliphatic heterocycles. The monoisotopic (exact) mass is 674 g/mol. The molecule has 0 radical (unpaired) electrons. The summed E-state index contributed by atoms with van der Waals surface area (Å²) in [5.41, 5.74) is 27.3. The molecule has 0 fully saturated rings. The van der Waals surface area contributed by atoms with Crippen LogP contribution >= 0.6 is 0 Å². The third-order valence-corrected chi connectivity index (χ3v) is 12.1. The lowest BCUT2D eigenvalue weighted by atomic mass is 9.33. The van der Waals surface area contributed by atoms with E-state index in [0.29, 0.717) is 0 Å². The minimum Gasteiger partial charge on any atom is -0.307 e. The first-order valence-corrected chi connectivity index (χ1v) is 19.5. The minimum atomic E-state index is 0.144. The number of benzene rings is 6. The number of aryl methyl sites for hydroxylation is 8. The van der Waals surface area contributed by atoms with E-state index in [1.807, 2.05) is 0 Å². The first-order chi connectivity index (χ1) is 25.2. The molecule has 0 N–H and O–H groups in total. The summed E-state index contributed by atoms with van der Waals surface area (Å²) >= 11 is 0. The van der Waals surface area contributed by atoms with Gasteiger partial charge in [-0.25, -0.2) is 0 Å². The molecule has 0 aliphatic carbocycles. The number of anilines is 6. The van der Waals surface area contributed by atoms with Crippen molar-refractivity contribution in [3.63, 3.8) is 0 Å². The van der Waals surface area contributed by atoms with Gasteiger partial charge in [0.15, 0.2) is 0 Å². The van der Waals surface area contributed by atoms with Gasteiger partial charge in [-0.3, -0.25) is 0 Å². The zero-order valence-electron chi connectivity index (χ0n) is 32.1. The Morgan fingerprint density at radius 3 is 1.17 bits per heavy atom. The predicted molar refractivity (Wildman–Crippen MR) is 228 cm³/mol. The van der Waals surface area contributed by atoms with Crippen LogP contribution in [0.4, 0.5) is 34.1 Å². The largest absolute Gasteiger partial charge is 0.307 e. The molecular weight excluding hydrogens is 626 g/mol. The Bertz CT molecular complexity index is 2220. The predicted octanol–water partition coefficient (Wildman–Crippen LogP) is 8.35. The Labute approximate surface area is 311 Å². The highest BCUT2D eigenvalue weighted by Gasteiger charge is 2.46. The van der Waals surface area contributed by atoms with E-state index in [-0.39, 0.29) is 13.4 Å². The lowest BCUT2D eigenvalue weighted by Crippen LogP contribution is -2.62. The molecule has 0 saturated heterocycles. The Morgan fingerprint density at radius 2 is 0.808 bits per heavy atom. The second-order valence-corrected chi connectivity index (χ2v) is 15.9. The molecule has 0 unspecified atom stereocenters. The standard InChI is InChI=1S/C48H48B2N2/c1-9-13-35-19-21-41-39(27-35)49(45-31(5)23-29(3)24-32(45)6)37-15-11-18-44-47(37)51(41)43-17-12-16-38-48(43)52(44)42-22-20-36(14-10-2)28-40(42)50(38)46-33(7)25-30(4)26-34(46)8/h11-12,15-28H,9-10,13-14H2,1-8H3. The zero-order chi connectivity index (χ0) is 36.0. The molecule has 6 aromatic rings. The van der Waals surface area contributed by atoms with Crippen LogP contribution in [0.1, 0.15) is 71.2 Å². The summed E-state index contributed by atoms with van der Waals surface area (Å²) in [7, 11) is 0. The Hall–Kier alpha value is -4.95. The maximum atomic E-state index is 2.63. The molecule has 0 saturated carbocycles. The topological polar surface area (TPSA) is 6.48 Å². The van der Waals surface area contributed by atoms with Gasteiger partial charge in [-0.2, -0.15) is 0 Å². The summed E-state index contributed by atoms with van der Waals surface area (Å²) in [5, 5.41) is 0. The van der Waals surface area contributed by atoms with E-state index >= 15 is 0 Å². The zero-order valence-corrected chi connectivity index (χ0v) is 32.1. The van der Waals surface area contributed by atoms with Gasteiger partial charge in [0.2, 0.25) is 13.4 Å². The van der Waals surface area contributed by atoms with Gasteiger partial charge in [-0.05, 0) is 112 Å². The van der Waals surface area contributed by atoms with E-state index in [0.717, 1.165) is 25.7 Å². The van der Waals surface area contributed by atoms with Crippen molar-refractivity contribution in [1.29, 1.82) is 0 Å². The minimum absolute atomic E-state index is 0.144. The van der Waals surface area contributed by atoms with E-state index in [1.165, 1.54) is 111 Å². The Balaban J connectivity index is 1.38. The summed E-state index contributed by atoms with van der Waals surface area (Å²) in [6.07, 6.45) is 4.44. The first kappa shape index (κ1) is 32.9. The number of hydrogen-bond donors (Lipinski definition) is 0. The molecule has 3 aliphatic rings. The van der Waals surface area contributed by atoms with Crippen molar-refractivity contribution in [1.82, 2.24) is 0 Å². The van der Waals surface area contributed by atoms with Crippen molar-refractivity contribution >= 4 is 80.3 Å². The molecule has 9 rings (SSSR count). The fourth-order valence-electron chi connectivity index (χ4n) is 10.4. The van der Waals surface area contributed by atoms with Crippen LogP contribution in [0.3, 0.4) is 0 Å².